The van der Waals surface area contributed by atoms with E-state index in [-0.39, 0.29) is 6.61 Å². The van der Waals surface area contributed by atoms with Crippen molar-refractivity contribution >= 4 is 11.3 Å². The van der Waals surface area contributed by atoms with Gasteiger partial charge in [-0.3, -0.25) is 0 Å². The monoisotopic (exact) mass is 328 g/mol. The van der Waals surface area contributed by atoms with Crippen LogP contribution < -0.4 is 0 Å². The highest BCUT2D eigenvalue weighted by Crippen LogP contribution is 2.19. The minimum Gasteiger partial charge on any atom is -0.396 e. The van der Waals surface area contributed by atoms with E-state index in [4.69, 9.17) is 9.84 Å². The first kappa shape index (κ1) is 17.7. The second kappa shape index (κ2) is 10.2. The fraction of sp³-hybridized carbons (Fsp3) is 0.400. The van der Waals surface area contributed by atoms with Gasteiger partial charge in [-0.25, -0.2) is 0 Å². The predicted octanol–water partition coefficient (Wildman–Crippen LogP) is 4.27. The summed E-state index contributed by atoms with van der Waals surface area (Å²) in [4.78, 5) is 2.45. The highest BCUT2D eigenvalue weighted by molar-refractivity contribution is 7.12. The van der Waals surface area contributed by atoms with E-state index in [2.05, 4.69) is 43.0 Å². The predicted molar refractivity (Wildman–Crippen MR) is 96.5 cm³/mol. The third-order valence-electron chi connectivity index (χ3n) is 3.55. The Bertz CT molecular complexity index is 622. The highest BCUT2D eigenvalue weighted by Gasteiger charge is 2.03. The van der Waals surface area contributed by atoms with Crippen molar-refractivity contribution < 1.29 is 9.84 Å². The minimum atomic E-state index is 0.265. The normalized spacial score (nSPS) is 11.7. The van der Waals surface area contributed by atoms with Gasteiger partial charge in [-0.2, -0.15) is 0 Å². The zero-order valence-electron chi connectivity index (χ0n) is 13.6. The summed E-state index contributed by atoms with van der Waals surface area (Å²) in [7, 11) is 0. The van der Waals surface area contributed by atoms with Gasteiger partial charge in [0.1, 0.15) is 0 Å². The Kier molecular flexibility index (Phi) is 7.89. The summed E-state index contributed by atoms with van der Waals surface area (Å²) in [5, 5.41) is 9.05. The molecule has 0 fully saturated rings. The van der Waals surface area contributed by atoms with Crippen molar-refractivity contribution in [2.45, 2.75) is 32.8 Å². The van der Waals surface area contributed by atoms with Crippen molar-refractivity contribution in [2.24, 2.45) is 5.92 Å². The Morgan fingerprint density at radius 1 is 1.17 bits per heavy atom. The highest BCUT2D eigenvalue weighted by atomic mass is 32.1. The van der Waals surface area contributed by atoms with E-state index in [9.17, 15) is 0 Å². The van der Waals surface area contributed by atoms with Crippen LogP contribution in [0.1, 0.15) is 35.1 Å². The van der Waals surface area contributed by atoms with Gasteiger partial charge in [-0.05, 0) is 36.5 Å². The zero-order chi connectivity index (χ0) is 16.3. The van der Waals surface area contributed by atoms with Crippen LogP contribution in [0.25, 0.3) is 0 Å². The van der Waals surface area contributed by atoms with Gasteiger partial charge in [0.15, 0.2) is 0 Å². The number of aliphatic hydroxyl groups is 1. The Balaban J connectivity index is 1.65. The fourth-order valence-electron chi connectivity index (χ4n) is 2.10. The molecule has 1 heterocycles. The molecule has 23 heavy (non-hydrogen) atoms. The lowest BCUT2D eigenvalue weighted by molar-refractivity contribution is 0.126. The summed E-state index contributed by atoms with van der Waals surface area (Å²) in [6.07, 6.45) is 2.80. The molecule has 0 saturated carbocycles. The molecule has 1 N–H and O–H groups in total. The summed E-state index contributed by atoms with van der Waals surface area (Å²) < 4.78 is 5.62. The van der Waals surface area contributed by atoms with Crippen LogP contribution in [0.3, 0.4) is 0 Å². The number of aliphatic hydroxyl groups excluding tert-OH is 1. The summed E-state index contributed by atoms with van der Waals surface area (Å²) in [6.45, 7) is 3.65. The molecule has 2 aromatic rings. The Labute approximate surface area is 143 Å². The number of benzene rings is 1. The van der Waals surface area contributed by atoms with Gasteiger partial charge in [0, 0.05) is 17.9 Å². The summed E-state index contributed by atoms with van der Waals surface area (Å²) in [6, 6.07) is 14.4. The van der Waals surface area contributed by atoms with Crippen molar-refractivity contribution in [2.75, 3.05) is 13.2 Å². The first-order chi connectivity index (χ1) is 11.3. The third kappa shape index (κ3) is 7.00. The smallest absolute Gasteiger partial charge is 0.0771 e. The quantitative estimate of drug-likeness (QED) is 0.579. The van der Waals surface area contributed by atoms with E-state index in [1.165, 1.54) is 10.4 Å². The van der Waals surface area contributed by atoms with Crippen molar-refractivity contribution in [3.8, 4) is 11.8 Å². The molecule has 0 aliphatic carbocycles. The van der Waals surface area contributed by atoms with E-state index in [1.54, 1.807) is 11.3 Å². The van der Waals surface area contributed by atoms with Gasteiger partial charge in [0.05, 0.1) is 18.1 Å². The van der Waals surface area contributed by atoms with E-state index in [0.717, 1.165) is 24.1 Å². The lowest BCUT2D eigenvalue weighted by Gasteiger charge is -2.04. The molecule has 2 nitrogen and oxygen atoms in total. The van der Waals surface area contributed by atoms with E-state index < -0.39 is 0 Å². The number of ether oxygens (including phenoxy) is 1. The molecule has 1 aromatic carbocycles. The molecule has 3 heteroatoms. The van der Waals surface area contributed by atoms with Crippen molar-refractivity contribution in [3.05, 3.63) is 57.8 Å². The molecular formula is C20H24O2S. The molecule has 1 aromatic heterocycles. The van der Waals surface area contributed by atoms with Gasteiger partial charge in [0.2, 0.25) is 0 Å². The summed E-state index contributed by atoms with van der Waals surface area (Å²) >= 11 is 1.75. The third-order valence-corrected chi connectivity index (χ3v) is 4.61. The zero-order valence-corrected chi connectivity index (χ0v) is 14.4. The number of aryl methyl sites for hydroxylation is 1. The van der Waals surface area contributed by atoms with Crippen LogP contribution in [0.2, 0.25) is 0 Å². The van der Waals surface area contributed by atoms with Crippen LogP contribution in [0, 0.1) is 17.8 Å². The molecule has 0 saturated heterocycles. The van der Waals surface area contributed by atoms with E-state index >= 15 is 0 Å². The maximum absolute atomic E-state index is 9.05. The van der Waals surface area contributed by atoms with Gasteiger partial charge >= 0.3 is 0 Å². The molecule has 0 amide bonds. The Morgan fingerprint density at radius 2 is 2.00 bits per heavy atom. The van der Waals surface area contributed by atoms with Gasteiger partial charge in [0.25, 0.3) is 0 Å². The largest absolute Gasteiger partial charge is 0.396 e. The molecule has 0 radical (unpaired) electrons. The molecule has 1 unspecified atom stereocenters. The van der Waals surface area contributed by atoms with E-state index in [1.807, 2.05) is 18.2 Å². The second-order valence-corrected chi connectivity index (χ2v) is 6.85. The molecule has 1 atom stereocenters. The number of hydrogen-bond donors (Lipinski definition) is 1. The van der Waals surface area contributed by atoms with Crippen LogP contribution in [0.4, 0.5) is 0 Å². The number of hydrogen-bond acceptors (Lipinski definition) is 3. The molecule has 0 bridgehead atoms. The number of rotatable bonds is 8. The number of thiophene rings is 1. The maximum atomic E-state index is 9.05. The maximum Gasteiger partial charge on any atom is 0.0771 e. The summed E-state index contributed by atoms with van der Waals surface area (Å²) in [5.74, 6) is 6.75. The minimum absolute atomic E-state index is 0.265. The van der Waals surface area contributed by atoms with Gasteiger partial charge in [-0.15, -0.1) is 11.3 Å². The van der Waals surface area contributed by atoms with E-state index in [0.29, 0.717) is 19.1 Å². The topological polar surface area (TPSA) is 29.5 Å². The molecule has 2 rings (SSSR count). The van der Waals surface area contributed by atoms with Crippen molar-refractivity contribution in [1.29, 1.82) is 0 Å². The lowest BCUT2D eigenvalue weighted by atomic mass is 10.1. The molecule has 0 aliphatic rings. The van der Waals surface area contributed by atoms with Crippen LogP contribution in [-0.4, -0.2) is 18.3 Å². The average molecular weight is 328 g/mol. The first-order valence-electron chi connectivity index (χ1n) is 8.08. The van der Waals surface area contributed by atoms with Gasteiger partial charge in [-0.1, -0.05) is 49.1 Å². The molecular weight excluding hydrogens is 304 g/mol. The second-order valence-electron chi connectivity index (χ2n) is 5.68. The lowest BCUT2D eigenvalue weighted by Crippen LogP contribution is -2.01. The van der Waals surface area contributed by atoms with Crippen molar-refractivity contribution in [3.63, 3.8) is 0 Å². The first-order valence-corrected chi connectivity index (χ1v) is 8.89. The van der Waals surface area contributed by atoms with Gasteiger partial charge < -0.3 is 9.84 Å². The van der Waals surface area contributed by atoms with Crippen LogP contribution in [0.5, 0.6) is 0 Å². The van der Waals surface area contributed by atoms with Crippen molar-refractivity contribution in [1.82, 2.24) is 0 Å². The standard InChI is InChI=1S/C20H24O2S/c1-17(15-21)10-11-20-13-12-19(23-20)9-5-6-14-22-16-18-7-3-2-4-8-18/h2-4,7-8,12-13,17,21H,6,10-11,14-16H2,1H3. The Morgan fingerprint density at radius 3 is 2.78 bits per heavy atom. The average Bonchev–Trinajstić information content (AvgIpc) is 3.04. The molecule has 0 spiro atoms. The fourth-order valence-corrected chi connectivity index (χ4v) is 2.99. The molecule has 0 aliphatic heterocycles. The van der Waals surface area contributed by atoms with Crippen LogP contribution >= 0.6 is 11.3 Å². The van der Waals surface area contributed by atoms with Crippen LogP contribution in [0.15, 0.2) is 42.5 Å². The summed E-state index contributed by atoms with van der Waals surface area (Å²) in [5.41, 5.74) is 1.19. The Hall–Kier alpha value is -1.60. The molecule has 122 valence electrons. The SMILES string of the molecule is CC(CO)CCc1ccc(C#CCCOCc2ccccc2)s1. The van der Waals surface area contributed by atoms with Crippen LogP contribution in [-0.2, 0) is 17.8 Å².